The molecule has 304 valence electrons. The predicted molar refractivity (Wildman–Crippen MR) is 274 cm³/mol. The van der Waals surface area contributed by atoms with Gasteiger partial charge in [-0.3, -0.25) is 0 Å². The minimum atomic E-state index is 1.11. The molecule has 3 nitrogen and oxygen atoms in total. The summed E-state index contributed by atoms with van der Waals surface area (Å²) in [7, 11) is 0. The second-order valence-corrected chi connectivity index (χ2v) is 17.0. The van der Waals surface area contributed by atoms with Crippen LogP contribution in [0.2, 0.25) is 0 Å². The monoisotopic (exact) mass is 827 g/mol. The van der Waals surface area contributed by atoms with E-state index < -0.39 is 0 Å². The number of hydrogen-bond donors (Lipinski definition) is 0. The number of para-hydroxylation sites is 1. The lowest BCUT2D eigenvalue weighted by atomic mass is 10.0. The third-order valence-corrected chi connectivity index (χ3v) is 13.3. The van der Waals surface area contributed by atoms with Crippen molar-refractivity contribution in [2.45, 2.75) is 0 Å². The van der Waals surface area contributed by atoms with Gasteiger partial charge in [-0.1, -0.05) is 170 Å². The molecule has 0 radical (unpaired) electrons. The van der Waals surface area contributed by atoms with Crippen molar-refractivity contribution in [1.82, 2.24) is 13.7 Å². The minimum absolute atomic E-state index is 1.11. The van der Waals surface area contributed by atoms with Gasteiger partial charge in [0.25, 0.3) is 0 Å². The summed E-state index contributed by atoms with van der Waals surface area (Å²) in [6, 6.07) is 88.6. The Morgan fingerprint density at radius 2 is 0.662 bits per heavy atom. The van der Waals surface area contributed by atoms with E-state index in [2.05, 4.69) is 263 Å². The second-order valence-electron chi connectivity index (χ2n) is 17.0. The molecule has 10 aromatic carbocycles. The lowest BCUT2D eigenvalue weighted by molar-refractivity contribution is 1.13. The molecule has 0 aliphatic heterocycles. The molecule has 0 spiro atoms. The first-order valence-electron chi connectivity index (χ1n) is 22.3. The van der Waals surface area contributed by atoms with Gasteiger partial charge in [0.15, 0.2) is 0 Å². The molecule has 0 fully saturated rings. The Kier molecular flexibility index (Phi) is 8.53. The van der Waals surface area contributed by atoms with Crippen molar-refractivity contribution in [3.8, 4) is 61.6 Å². The van der Waals surface area contributed by atoms with Crippen molar-refractivity contribution < 1.29 is 0 Å². The van der Waals surface area contributed by atoms with Gasteiger partial charge in [0, 0.05) is 50.2 Å². The molecule has 0 bridgehead atoms. The third-order valence-electron chi connectivity index (χ3n) is 13.3. The fourth-order valence-electron chi connectivity index (χ4n) is 10.2. The van der Waals surface area contributed by atoms with Crippen LogP contribution in [0.4, 0.5) is 0 Å². The van der Waals surface area contributed by atoms with Crippen LogP contribution in [0.5, 0.6) is 0 Å². The topological polar surface area (TPSA) is 14.8 Å². The Morgan fingerprint density at radius 3 is 1.25 bits per heavy atom. The Hall–Kier alpha value is -8.66. The van der Waals surface area contributed by atoms with Crippen LogP contribution in [0.15, 0.2) is 249 Å². The summed E-state index contributed by atoms with van der Waals surface area (Å²) < 4.78 is 7.30. The summed E-state index contributed by atoms with van der Waals surface area (Å²) >= 11 is 0. The van der Waals surface area contributed by atoms with E-state index >= 15 is 0 Å². The Morgan fingerprint density at radius 1 is 0.215 bits per heavy atom. The predicted octanol–water partition coefficient (Wildman–Crippen LogP) is 16.5. The largest absolute Gasteiger partial charge is 0.316 e. The maximum Gasteiger partial charge on any atom is 0.0635 e. The quantitative estimate of drug-likeness (QED) is 0.152. The molecule has 0 unspecified atom stereocenters. The van der Waals surface area contributed by atoms with E-state index in [0.717, 1.165) is 22.6 Å². The molecule has 65 heavy (non-hydrogen) atoms. The summed E-state index contributed by atoms with van der Waals surface area (Å²) in [5.74, 6) is 0. The summed E-state index contributed by atoms with van der Waals surface area (Å²) in [6.45, 7) is 0. The van der Waals surface area contributed by atoms with E-state index in [1.807, 2.05) is 0 Å². The third kappa shape index (κ3) is 6.12. The molecule has 0 saturated carbocycles. The zero-order chi connectivity index (χ0) is 42.8. The molecular formula is C62H41N3. The van der Waals surface area contributed by atoms with E-state index in [1.165, 1.54) is 93.5 Å². The van der Waals surface area contributed by atoms with Gasteiger partial charge in [-0.05, 0) is 117 Å². The van der Waals surface area contributed by atoms with E-state index in [9.17, 15) is 0 Å². The zero-order valence-corrected chi connectivity index (χ0v) is 35.5. The van der Waals surface area contributed by atoms with Crippen LogP contribution in [-0.4, -0.2) is 13.7 Å². The summed E-state index contributed by atoms with van der Waals surface area (Å²) in [4.78, 5) is 0. The summed E-state index contributed by atoms with van der Waals surface area (Å²) in [5, 5.41) is 6.12. The zero-order valence-electron chi connectivity index (χ0n) is 35.5. The van der Waals surface area contributed by atoms with Crippen LogP contribution in [0.3, 0.4) is 0 Å². The van der Waals surface area contributed by atoms with Crippen molar-refractivity contribution in [2.24, 2.45) is 0 Å². The van der Waals surface area contributed by atoms with Crippen LogP contribution in [0, 0.1) is 0 Å². The van der Waals surface area contributed by atoms with Gasteiger partial charge in [0.1, 0.15) is 0 Å². The molecule has 13 aromatic rings. The molecule has 3 aromatic heterocycles. The highest BCUT2D eigenvalue weighted by Crippen LogP contribution is 2.42. The number of hydrogen-bond acceptors (Lipinski definition) is 0. The summed E-state index contributed by atoms with van der Waals surface area (Å²) in [5.41, 5.74) is 18.8. The molecule has 3 heterocycles. The average Bonchev–Trinajstić information content (AvgIpc) is 4.07. The van der Waals surface area contributed by atoms with Gasteiger partial charge in [0.2, 0.25) is 0 Å². The second kappa shape index (κ2) is 15.0. The van der Waals surface area contributed by atoms with Gasteiger partial charge in [0.05, 0.1) is 27.6 Å². The molecular weight excluding hydrogens is 787 g/mol. The molecule has 0 amide bonds. The van der Waals surface area contributed by atoms with E-state index in [0.29, 0.717) is 0 Å². The molecule has 0 atom stereocenters. The molecule has 0 aliphatic carbocycles. The van der Waals surface area contributed by atoms with Gasteiger partial charge in [-0.2, -0.15) is 0 Å². The smallest absolute Gasteiger partial charge is 0.0635 e. The molecule has 3 heteroatoms. The number of aromatic nitrogens is 3. The lowest BCUT2D eigenvalue weighted by Crippen LogP contribution is -2.00. The molecule has 0 aliphatic rings. The van der Waals surface area contributed by atoms with E-state index in [1.54, 1.807) is 0 Å². The maximum absolute atomic E-state index is 2.50. The molecule has 0 N–H and O–H groups in total. The molecule has 0 saturated heterocycles. The van der Waals surface area contributed by atoms with E-state index in [-0.39, 0.29) is 0 Å². The van der Waals surface area contributed by atoms with Crippen molar-refractivity contribution in [1.29, 1.82) is 0 Å². The van der Waals surface area contributed by atoms with Gasteiger partial charge < -0.3 is 13.7 Å². The van der Waals surface area contributed by atoms with Gasteiger partial charge in [-0.15, -0.1) is 0 Å². The first-order valence-corrected chi connectivity index (χ1v) is 22.3. The van der Waals surface area contributed by atoms with Crippen LogP contribution in [-0.2, 0) is 0 Å². The number of nitrogens with zero attached hydrogens (tertiary/aromatic N) is 3. The first-order chi connectivity index (χ1) is 32.2. The highest BCUT2D eigenvalue weighted by molar-refractivity contribution is 6.19. The highest BCUT2D eigenvalue weighted by Gasteiger charge is 2.21. The standard InChI is InChI=1S/C62H41N3/c1-5-15-42(16-6-1)46-25-29-50(30-26-46)63-36-35-55-58(63)34-31-54-53-23-13-14-24-59(53)65(62(54)55)52-38-49(45-21-11-4-12-22-45)37-51(41-52)64-60-32-27-47(43-17-7-2-8-18-43)39-56(60)57-40-48(28-33-61(57)64)44-19-9-3-10-20-44/h1-41H. The van der Waals surface area contributed by atoms with Gasteiger partial charge >= 0.3 is 0 Å². The van der Waals surface area contributed by atoms with Crippen molar-refractivity contribution in [3.63, 3.8) is 0 Å². The van der Waals surface area contributed by atoms with Crippen LogP contribution < -0.4 is 0 Å². The van der Waals surface area contributed by atoms with E-state index in [4.69, 9.17) is 0 Å². The van der Waals surface area contributed by atoms with Crippen molar-refractivity contribution in [3.05, 3.63) is 249 Å². The Balaban J connectivity index is 1.06. The van der Waals surface area contributed by atoms with Crippen molar-refractivity contribution in [2.75, 3.05) is 0 Å². The Labute approximate surface area is 376 Å². The van der Waals surface area contributed by atoms with Crippen LogP contribution in [0.1, 0.15) is 0 Å². The normalized spacial score (nSPS) is 11.7. The number of fused-ring (bicyclic) bond motifs is 8. The fraction of sp³-hybridized carbons (Fsp3) is 0. The SMILES string of the molecule is c1ccc(-c2ccc(-n3ccc4c3ccc3c5ccccc5n(-c5cc(-c6ccccc6)cc(-n6c7ccc(-c8ccccc8)cc7c7cc(-c8ccccc8)ccc76)c5)c34)cc2)cc1. The minimum Gasteiger partial charge on any atom is -0.316 e. The lowest BCUT2D eigenvalue weighted by Gasteiger charge is -2.16. The first kappa shape index (κ1) is 36.9. The van der Waals surface area contributed by atoms with Crippen LogP contribution >= 0.6 is 0 Å². The number of rotatable bonds is 7. The Bertz CT molecular complexity index is 3800. The maximum atomic E-state index is 2.50. The summed E-state index contributed by atoms with van der Waals surface area (Å²) in [6.07, 6.45) is 2.22. The van der Waals surface area contributed by atoms with Gasteiger partial charge in [-0.25, -0.2) is 0 Å². The fourth-order valence-corrected chi connectivity index (χ4v) is 10.2. The highest BCUT2D eigenvalue weighted by atomic mass is 15.0. The van der Waals surface area contributed by atoms with Crippen molar-refractivity contribution >= 4 is 54.5 Å². The number of benzene rings is 10. The van der Waals surface area contributed by atoms with Crippen LogP contribution in [0.25, 0.3) is 116 Å². The average molecular weight is 828 g/mol. The molecule has 13 rings (SSSR count).